The van der Waals surface area contributed by atoms with Gasteiger partial charge in [-0.15, -0.1) is 0 Å². The number of rotatable bonds is 6. The first kappa shape index (κ1) is 18.8. The van der Waals surface area contributed by atoms with E-state index in [2.05, 4.69) is 15.1 Å². The molecule has 1 fully saturated rings. The molecule has 1 aromatic heterocycles. The molecule has 2 amide bonds. The summed E-state index contributed by atoms with van der Waals surface area (Å²) in [6, 6.07) is 8.17. The lowest BCUT2D eigenvalue weighted by Crippen LogP contribution is -2.42. The van der Waals surface area contributed by atoms with Gasteiger partial charge in [0.15, 0.2) is 18.1 Å². The average molecular weight is 389 g/mol. The molecular weight excluding hydrogens is 370 g/mol. The maximum Gasteiger partial charge on any atom is 0.252 e. The van der Waals surface area contributed by atoms with Crippen molar-refractivity contribution in [2.24, 2.45) is 7.05 Å². The van der Waals surface area contributed by atoms with E-state index in [1.807, 2.05) is 6.07 Å². The second-order valence-corrected chi connectivity index (χ2v) is 6.42. The molecule has 10 heteroatoms. The van der Waals surface area contributed by atoms with Crippen molar-refractivity contribution >= 4 is 34.8 Å². The number of nitrogens with zero attached hydrogens (tertiary/aromatic N) is 4. The van der Waals surface area contributed by atoms with E-state index in [1.54, 1.807) is 43.1 Å². The number of likely N-dealkylation sites (N-methyl/N-ethyl adjacent to an activating group) is 1. The number of para-hydroxylation sites is 1. The summed E-state index contributed by atoms with van der Waals surface area (Å²) in [5, 5.41) is 18.4. The maximum absolute atomic E-state index is 12.7. The summed E-state index contributed by atoms with van der Waals surface area (Å²) in [4.78, 5) is 28.2. The summed E-state index contributed by atoms with van der Waals surface area (Å²) in [5.41, 5.74) is 0.887. The molecule has 1 saturated heterocycles. The molecular formula is C17H19N5O4S. The Morgan fingerprint density at radius 2 is 2.11 bits per heavy atom. The second-order valence-electron chi connectivity index (χ2n) is 6.06. The third kappa shape index (κ3) is 3.75. The topological polar surface area (TPSA) is 106 Å². The standard InChI is InChI=1S/C17H19N5O4S/c1-3-21-15(24)12(9-14(23)18-11-7-5-4-6-8-11)22(17(21)27)10-13-16(25)26-19-20(13)2/h4-8,12H,3,9-10H2,1-2H3,(H-,18,19,23,25). The fourth-order valence-electron chi connectivity index (χ4n) is 2.93. The van der Waals surface area contributed by atoms with Crippen LogP contribution in [0.2, 0.25) is 0 Å². The predicted octanol–water partition coefficient (Wildman–Crippen LogP) is -0.0809. The van der Waals surface area contributed by atoms with Gasteiger partial charge >= 0.3 is 0 Å². The van der Waals surface area contributed by atoms with Gasteiger partial charge in [-0.25, -0.2) is 0 Å². The van der Waals surface area contributed by atoms with Crippen LogP contribution in [-0.4, -0.2) is 44.6 Å². The Hall–Kier alpha value is -3.01. The lowest BCUT2D eigenvalue weighted by molar-refractivity contribution is -0.746. The summed E-state index contributed by atoms with van der Waals surface area (Å²) in [5.74, 6) is -1.19. The molecule has 1 unspecified atom stereocenters. The summed E-state index contributed by atoms with van der Waals surface area (Å²) in [6.07, 6.45) is -0.0897. The summed E-state index contributed by atoms with van der Waals surface area (Å²) in [6.45, 7) is 2.21. The van der Waals surface area contributed by atoms with Gasteiger partial charge in [-0.3, -0.25) is 14.5 Å². The van der Waals surface area contributed by atoms with E-state index in [1.165, 1.54) is 9.58 Å². The molecule has 1 aliphatic rings. The molecule has 2 aromatic rings. The van der Waals surface area contributed by atoms with Gasteiger partial charge in [0.05, 0.1) is 11.7 Å². The number of thiocarbonyl (C=S) groups is 1. The van der Waals surface area contributed by atoms with Crippen LogP contribution in [0, 0.1) is 0 Å². The molecule has 27 heavy (non-hydrogen) atoms. The van der Waals surface area contributed by atoms with Gasteiger partial charge in [0.1, 0.15) is 12.6 Å². The second kappa shape index (κ2) is 7.70. The Kier molecular flexibility index (Phi) is 5.36. The lowest BCUT2D eigenvalue weighted by Gasteiger charge is -2.22. The molecule has 1 aromatic carbocycles. The zero-order valence-electron chi connectivity index (χ0n) is 14.9. The van der Waals surface area contributed by atoms with Crippen LogP contribution in [0.15, 0.2) is 34.9 Å². The number of hydrogen-bond donors (Lipinski definition) is 1. The lowest BCUT2D eigenvalue weighted by atomic mass is 10.1. The number of carbonyl (C=O) groups excluding carboxylic acids is 2. The molecule has 2 heterocycles. The highest BCUT2D eigenvalue weighted by Gasteiger charge is 2.43. The third-order valence-electron chi connectivity index (χ3n) is 4.35. The predicted molar refractivity (Wildman–Crippen MR) is 96.1 cm³/mol. The van der Waals surface area contributed by atoms with Gasteiger partial charge in [-0.1, -0.05) is 22.9 Å². The van der Waals surface area contributed by atoms with Gasteiger partial charge in [0.25, 0.3) is 11.6 Å². The van der Waals surface area contributed by atoms with Gasteiger partial charge in [0.2, 0.25) is 5.91 Å². The number of aryl methyl sites for hydroxylation is 1. The fourth-order valence-corrected chi connectivity index (χ4v) is 3.34. The molecule has 0 saturated carbocycles. The minimum atomic E-state index is -0.796. The van der Waals surface area contributed by atoms with Gasteiger partial charge in [-0.05, 0) is 31.3 Å². The van der Waals surface area contributed by atoms with Crippen LogP contribution >= 0.6 is 12.2 Å². The van der Waals surface area contributed by atoms with E-state index in [-0.39, 0.29) is 35.6 Å². The van der Waals surface area contributed by atoms with Gasteiger partial charge < -0.3 is 19.8 Å². The number of aromatic nitrogens is 2. The highest BCUT2D eigenvalue weighted by molar-refractivity contribution is 7.80. The van der Waals surface area contributed by atoms with Crippen molar-refractivity contribution in [2.75, 3.05) is 11.9 Å². The molecule has 0 bridgehead atoms. The molecule has 0 aliphatic carbocycles. The minimum absolute atomic E-state index is 0.0309. The first-order valence-corrected chi connectivity index (χ1v) is 8.82. The number of anilines is 1. The number of amides is 2. The Labute approximate surface area is 161 Å². The Bertz CT molecular complexity index is 850. The zero-order valence-corrected chi connectivity index (χ0v) is 15.7. The summed E-state index contributed by atoms with van der Waals surface area (Å²) >= 11 is 5.39. The van der Waals surface area contributed by atoms with Crippen molar-refractivity contribution in [1.82, 2.24) is 15.1 Å². The van der Waals surface area contributed by atoms with Crippen LogP contribution in [0.25, 0.3) is 0 Å². The van der Waals surface area contributed by atoms with Crippen molar-refractivity contribution in [2.45, 2.75) is 25.9 Å². The van der Waals surface area contributed by atoms with Crippen LogP contribution < -0.4 is 15.1 Å². The van der Waals surface area contributed by atoms with Crippen molar-refractivity contribution in [1.29, 1.82) is 0 Å². The summed E-state index contributed by atoms with van der Waals surface area (Å²) in [7, 11) is 1.57. The van der Waals surface area contributed by atoms with E-state index >= 15 is 0 Å². The first-order valence-electron chi connectivity index (χ1n) is 8.41. The van der Waals surface area contributed by atoms with Crippen LogP contribution in [0.4, 0.5) is 5.69 Å². The van der Waals surface area contributed by atoms with Crippen molar-refractivity contribution in [3.63, 3.8) is 0 Å². The van der Waals surface area contributed by atoms with Gasteiger partial charge in [0, 0.05) is 12.2 Å². The molecule has 0 spiro atoms. The zero-order chi connectivity index (χ0) is 19.6. The van der Waals surface area contributed by atoms with Crippen LogP contribution in [0.5, 0.6) is 5.95 Å². The highest BCUT2D eigenvalue weighted by Crippen LogP contribution is 2.24. The quantitative estimate of drug-likeness (QED) is 0.544. The average Bonchev–Trinajstić information content (AvgIpc) is 3.07. The first-order chi connectivity index (χ1) is 12.9. The molecule has 1 atom stereocenters. The number of benzene rings is 1. The third-order valence-corrected chi connectivity index (χ3v) is 4.80. The van der Waals surface area contributed by atoms with Crippen molar-refractivity contribution < 1.29 is 23.9 Å². The van der Waals surface area contributed by atoms with Crippen molar-refractivity contribution in [3.05, 3.63) is 36.0 Å². The van der Waals surface area contributed by atoms with E-state index in [0.29, 0.717) is 12.2 Å². The van der Waals surface area contributed by atoms with Crippen molar-refractivity contribution in [3.8, 4) is 5.95 Å². The van der Waals surface area contributed by atoms with Crippen LogP contribution in [-0.2, 0) is 23.2 Å². The molecule has 3 rings (SSSR count). The monoisotopic (exact) mass is 389 g/mol. The Morgan fingerprint density at radius 1 is 1.41 bits per heavy atom. The fraction of sp³-hybridized carbons (Fsp3) is 0.353. The smallest absolute Gasteiger partial charge is 0.252 e. The summed E-state index contributed by atoms with van der Waals surface area (Å²) < 4.78 is 5.92. The largest absolute Gasteiger partial charge is 0.539 e. The number of carbonyl (C=O) groups is 2. The highest BCUT2D eigenvalue weighted by atomic mass is 32.1. The number of hydrogen-bond acceptors (Lipinski definition) is 6. The van der Waals surface area contributed by atoms with Crippen LogP contribution in [0.3, 0.4) is 0 Å². The molecule has 142 valence electrons. The van der Waals surface area contributed by atoms with E-state index in [9.17, 15) is 14.7 Å². The molecule has 1 aliphatic heterocycles. The van der Waals surface area contributed by atoms with Gasteiger partial charge in [-0.2, -0.15) is 0 Å². The number of nitrogens with one attached hydrogen (secondary N) is 1. The Balaban J connectivity index is 1.80. The molecule has 1 N–H and O–H groups in total. The Morgan fingerprint density at radius 3 is 2.70 bits per heavy atom. The van der Waals surface area contributed by atoms with E-state index in [0.717, 1.165) is 0 Å². The SMILES string of the molecule is CCN1C(=O)C(CC(=O)Nc2ccccc2)N(Cc2c([O-])on[n+]2C)C1=S. The normalized spacial score (nSPS) is 16.9. The van der Waals surface area contributed by atoms with E-state index < -0.39 is 12.0 Å². The minimum Gasteiger partial charge on any atom is -0.539 e. The molecule has 0 radical (unpaired) electrons. The van der Waals surface area contributed by atoms with E-state index in [4.69, 9.17) is 12.2 Å². The van der Waals surface area contributed by atoms with Crippen LogP contribution in [0.1, 0.15) is 19.0 Å². The molecule has 9 nitrogen and oxygen atoms in total. The maximum atomic E-state index is 12.7.